The number of piperidine rings is 1. The summed E-state index contributed by atoms with van der Waals surface area (Å²) in [5.41, 5.74) is 1.02. The molecule has 0 radical (unpaired) electrons. The Morgan fingerprint density at radius 2 is 2.13 bits per heavy atom. The molecule has 2 fully saturated rings. The molecule has 0 unspecified atom stereocenters. The van der Waals surface area contributed by atoms with E-state index in [0.29, 0.717) is 17.7 Å². The number of nitrogens with zero attached hydrogens (tertiary/aromatic N) is 3. The molecule has 2 saturated heterocycles. The van der Waals surface area contributed by atoms with Crippen LogP contribution in [0.25, 0.3) is 5.78 Å². The van der Waals surface area contributed by atoms with E-state index in [1.165, 1.54) is 12.8 Å². The monoisotopic (exact) mass is 316 g/mol. The minimum Gasteiger partial charge on any atom is -0.381 e. The number of likely N-dealkylation sites (tertiary alicyclic amines) is 1. The number of ether oxygens (including phenoxy) is 1. The van der Waals surface area contributed by atoms with Gasteiger partial charge in [-0.25, -0.2) is 4.98 Å². The molecule has 0 spiro atoms. The Morgan fingerprint density at radius 1 is 1.26 bits per heavy atom. The summed E-state index contributed by atoms with van der Waals surface area (Å²) in [6.07, 6.45) is 9.25. The highest BCUT2D eigenvalue weighted by Gasteiger charge is 2.28. The van der Waals surface area contributed by atoms with Crippen LogP contribution in [0.3, 0.4) is 0 Å². The number of fused-ring (bicyclic) bond motifs is 1. The van der Waals surface area contributed by atoms with Gasteiger partial charge in [0.15, 0.2) is 0 Å². The van der Waals surface area contributed by atoms with E-state index in [4.69, 9.17) is 4.74 Å². The fraction of sp³-hybridized carbons (Fsp3) is 0.647. The van der Waals surface area contributed by atoms with Gasteiger partial charge in [-0.15, -0.1) is 0 Å². The van der Waals surface area contributed by atoms with Crippen LogP contribution < -0.4 is 5.56 Å². The van der Waals surface area contributed by atoms with Crippen molar-refractivity contribution >= 4 is 5.78 Å². The molecule has 124 valence electrons. The van der Waals surface area contributed by atoms with E-state index in [9.17, 15) is 4.79 Å². The first-order valence-electron chi connectivity index (χ1n) is 8.69. The van der Waals surface area contributed by atoms with Gasteiger partial charge in [-0.3, -0.25) is 14.1 Å². The standard InChI is InChI=1S/C17H24N4O2/c22-16-11-14(19-17-18-6-8-21(16)17)15-3-1-2-7-20(15)12-13-4-9-23-10-5-13/h6,8,11,13,15H,1-5,7,9-10,12H2,(H,18,19)/t15-/m1/s1. The van der Waals surface area contributed by atoms with E-state index in [1.807, 2.05) is 0 Å². The minimum atomic E-state index is 0.00263. The summed E-state index contributed by atoms with van der Waals surface area (Å²) in [4.78, 5) is 22.4. The molecule has 1 N–H and O–H groups in total. The van der Waals surface area contributed by atoms with Crippen molar-refractivity contribution in [2.45, 2.75) is 38.1 Å². The second kappa shape index (κ2) is 6.45. The molecule has 0 aliphatic carbocycles. The van der Waals surface area contributed by atoms with Crippen LogP contribution in [-0.4, -0.2) is 45.6 Å². The zero-order valence-corrected chi connectivity index (χ0v) is 13.4. The topological polar surface area (TPSA) is 62.6 Å². The van der Waals surface area contributed by atoms with E-state index in [0.717, 1.165) is 51.3 Å². The van der Waals surface area contributed by atoms with Crippen molar-refractivity contribution in [1.82, 2.24) is 19.3 Å². The van der Waals surface area contributed by atoms with Gasteiger partial charge in [-0.2, -0.15) is 0 Å². The third-order valence-corrected chi connectivity index (χ3v) is 5.22. The van der Waals surface area contributed by atoms with Crippen LogP contribution in [0.15, 0.2) is 23.3 Å². The molecule has 0 saturated carbocycles. The summed E-state index contributed by atoms with van der Waals surface area (Å²) < 4.78 is 7.04. The van der Waals surface area contributed by atoms with Crippen molar-refractivity contribution in [3.05, 3.63) is 34.5 Å². The Labute approximate surface area is 135 Å². The largest absolute Gasteiger partial charge is 0.381 e. The van der Waals surface area contributed by atoms with Crippen molar-refractivity contribution in [2.24, 2.45) is 5.92 Å². The summed E-state index contributed by atoms with van der Waals surface area (Å²) >= 11 is 0. The van der Waals surface area contributed by atoms with Gasteiger partial charge in [0.25, 0.3) is 5.56 Å². The van der Waals surface area contributed by atoms with Gasteiger partial charge in [0.1, 0.15) is 0 Å². The lowest BCUT2D eigenvalue weighted by Gasteiger charge is -2.38. The second-order valence-electron chi connectivity index (χ2n) is 6.75. The molecule has 0 amide bonds. The number of H-pyrrole nitrogens is 1. The first-order chi connectivity index (χ1) is 11.3. The fourth-order valence-corrected chi connectivity index (χ4v) is 3.94. The average Bonchev–Trinajstić information content (AvgIpc) is 3.05. The smallest absolute Gasteiger partial charge is 0.259 e. The van der Waals surface area contributed by atoms with Crippen molar-refractivity contribution in [1.29, 1.82) is 0 Å². The number of rotatable bonds is 3. The number of nitrogens with one attached hydrogen (secondary N) is 1. The van der Waals surface area contributed by atoms with Crippen LogP contribution in [0.4, 0.5) is 0 Å². The van der Waals surface area contributed by atoms with E-state index in [2.05, 4.69) is 14.9 Å². The number of imidazole rings is 1. The molecule has 2 aromatic rings. The Kier molecular flexibility index (Phi) is 4.18. The number of aromatic amines is 1. The zero-order valence-electron chi connectivity index (χ0n) is 13.4. The molecule has 6 heteroatoms. The predicted molar refractivity (Wildman–Crippen MR) is 87.5 cm³/mol. The van der Waals surface area contributed by atoms with E-state index in [-0.39, 0.29) is 5.56 Å². The van der Waals surface area contributed by atoms with Crippen molar-refractivity contribution in [2.75, 3.05) is 26.3 Å². The van der Waals surface area contributed by atoms with Crippen LogP contribution in [0.2, 0.25) is 0 Å². The maximum absolute atomic E-state index is 12.3. The van der Waals surface area contributed by atoms with Gasteiger partial charge < -0.3 is 9.72 Å². The van der Waals surface area contributed by atoms with Crippen LogP contribution >= 0.6 is 0 Å². The summed E-state index contributed by atoms with van der Waals surface area (Å²) in [7, 11) is 0. The van der Waals surface area contributed by atoms with Gasteiger partial charge in [0.2, 0.25) is 5.78 Å². The Morgan fingerprint density at radius 3 is 3.00 bits per heavy atom. The molecular weight excluding hydrogens is 292 g/mol. The van der Waals surface area contributed by atoms with Gasteiger partial charge in [0.05, 0.1) is 6.04 Å². The Hall–Kier alpha value is -1.66. The Bertz CT molecular complexity index is 717. The molecule has 23 heavy (non-hydrogen) atoms. The third-order valence-electron chi connectivity index (χ3n) is 5.22. The lowest BCUT2D eigenvalue weighted by Crippen LogP contribution is -2.39. The van der Waals surface area contributed by atoms with Crippen molar-refractivity contribution in [3.8, 4) is 0 Å². The van der Waals surface area contributed by atoms with Gasteiger partial charge in [0, 0.05) is 43.9 Å². The molecule has 0 aromatic carbocycles. The summed E-state index contributed by atoms with van der Waals surface area (Å²) in [5, 5.41) is 0. The zero-order chi connectivity index (χ0) is 15.6. The average molecular weight is 316 g/mol. The van der Waals surface area contributed by atoms with Crippen LogP contribution in [0.5, 0.6) is 0 Å². The van der Waals surface area contributed by atoms with E-state index < -0.39 is 0 Å². The highest BCUT2D eigenvalue weighted by Crippen LogP contribution is 2.31. The molecule has 2 aromatic heterocycles. The molecule has 1 atom stereocenters. The molecule has 6 nitrogen and oxygen atoms in total. The normalized spacial score (nSPS) is 24.3. The van der Waals surface area contributed by atoms with E-state index in [1.54, 1.807) is 22.9 Å². The van der Waals surface area contributed by atoms with Crippen LogP contribution in [-0.2, 0) is 4.74 Å². The quantitative estimate of drug-likeness (QED) is 0.940. The van der Waals surface area contributed by atoms with Crippen LogP contribution in [0.1, 0.15) is 43.8 Å². The molecule has 0 bridgehead atoms. The van der Waals surface area contributed by atoms with Crippen LogP contribution in [0, 0.1) is 5.92 Å². The lowest BCUT2D eigenvalue weighted by molar-refractivity contribution is 0.0377. The minimum absolute atomic E-state index is 0.00263. The molecule has 4 heterocycles. The number of hydrogen-bond donors (Lipinski definition) is 1. The fourth-order valence-electron chi connectivity index (χ4n) is 3.94. The van der Waals surface area contributed by atoms with Gasteiger partial charge in [-0.05, 0) is 38.1 Å². The van der Waals surface area contributed by atoms with Crippen molar-refractivity contribution in [3.63, 3.8) is 0 Å². The lowest BCUT2D eigenvalue weighted by atomic mass is 9.94. The molecule has 2 aliphatic heterocycles. The third kappa shape index (κ3) is 3.05. The Balaban J connectivity index is 1.59. The maximum atomic E-state index is 12.3. The van der Waals surface area contributed by atoms with Crippen molar-refractivity contribution < 1.29 is 4.74 Å². The summed E-state index contributed by atoms with van der Waals surface area (Å²) in [6.45, 7) is 4.00. The summed E-state index contributed by atoms with van der Waals surface area (Å²) in [5.74, 6) is 1.36. The summed E-state index contributed by atoms with van der Waals surface area (Å²) in [6, 6.07) is 2.06. The highest BCUT2D eigenvalue weighted by molar-refractivity contribution is 5.30. The van der Waals surface area contributed by atoms with Gasteiger partial charge >= 0.3 is 0 Å². The van der Waals surface area contributed by atoms with Gasteiger partial charge in [-0.1, -0.05) is 6.42 Å². The SMILES string of the molecule is O=c1cc([C@H]2CCCCN2CC2CCOCC2)[nH]c2nccn12. The number of hydrogen-bond acceptors (Lipinski definition) is 4. The predicted octanol–water partition coefficient (Wildman–Crippen LogP) is 1.98. The maximum Gasteiger partial charge on any atom is 0.259 e. The molecule has 4 rings (SSSR count). The first-order valence-corrected chi connectivity index (χ1v) is 8.69. The molecule has 2 aliphatic rings. The second-order valence-corrected chi connectivity index (χ2v) is 6.75. The molecular formula is C17H24N4O2. The van der Waals surface area contributed by atoms with E-state index >= 15 is 0 Å². The highest BCUT2D eigenvalue weighted by atomic mass is 16.5. The first kappa shape index (κ1) is 14.9. The number of aromatic nitrogens is 3.